The minimum Gasteiger partial charge on any atom is -0.317 e. The van der Waals surface area contributed by atoms with E-state index in [0.717, 1.165) is 19.5 Å². The second-order valence-corrected chi connectivity index (χ2v) is 2.32. The van der Waals surface area contributed by atoms with Crippen LogP contribution >= 0.6 is 0 Å². The highest BCUT2D eigenvalue weighted by atomic mass is 16.5. The molecule has 0 aliphatic heterocycles. The smallest absolute Gasteiger partial charge is 0.0207 e. The van der Waals surface area contributed by atoms with Gasteiger partial charge in [0.2, 0.25) is 0 Å². The van der Waals surface area contributed by atoms with Crippen molar-refractivity contribution in [2.24, 2.45) is 0 Å². The van der Waals surface area contributed by atoms with Gasteiger partial charge in [-0.3, -0.25) is 0 Å². The van der Waals surface area contributed by atoms with E-state index in [2.05, 4.69) is 17.7 Å². The highest BCUT2D eigenvalue weighted by molar-refractivity contribution is 4.46. The van der Waals surface area contributed by atoms with Gasteiger partial charge in [0.15, 0.2) is 0 Å². The van der Waals surface area contributed by atoms with Crippen molar-refractivity contribution in [3.8, 4) is 0 Å². The van der Waals surface area contributed by atoms with Crippen LogP contribution in [0.15, 0.2) is 0 Å². The van der Waals surface area contributed by atoms with E-state index >= 15 is 0 Å². The average molecular weight is 146 g/mol. The predicted molar refractivity (Wildman–Crippen MR) is 42.2 cm³/mol. The standard InChI is InChI=1S/C7H18N2O/c1-2-8-6-4-3-5-7-9-10/h8-10H,2-7H2,1H3. The molecule has 0 amide bonds. The van der Waals surface area contributed by atoms with Gasteiger partial charge in [0.1, 0.15) is 0 Å². The third kappa shape index (κ3) is 7.88. The van der Waals surface area contributed by atoms with E-state index in [0.29, 0.717) is 6.54 Å². The zero-order chi connectivity index (χ0) is 7.66. The molecule has 0 fully saturated rings. The molecule has 0 spiro atoms. The van der Waals surface area contributed by atoms with E-state index in [1.165, 1.54) is 12.8 Å². The van der Waals surface area contributed by atoms with Crippen LogP contribution in [0.4, 0.5) is 0 Å². The molecular formula is C7H18N2O. The third-order valence-electron chi connectivity index (χ3n) is 1.39. The van der Waals surface area contributed by atoms with Crippen molar-refractivity contribution < 1.29 is 5.21 Å². The van der Waals surface area contributed by atoms with Crippen LogP contribution in [0.1, 0.15) is 26.2 Å². The van der Waals surface area contributed by atoms with Gasteiger partial charge in [-0.1, -0.05) is 13.3 Å². The second-order valence-electron chi connectivity index (χ2n) is 2.32. The summed E-state index contributed by atoms with van der Waals surface area (Å²) < 4.78 is 0. The molecule has 3 heteroatoms. The monoisotopic (exact) mass is 146 g/mol. The molecule has 0 aliphatic carbocycles. The van der Waals surface area contributed by atoms with E-state index in [9.17, 15) is 0 Å². The van der Waals surface area contributed by atoms with E-state index in [1.54, 1.807) is 0 Å². The van der Waals surface area contributed by atoms with Crippen molar-refractivity contribution in [1.29, 1.82) is 0 Å². The first-order valence-corrected chi connectivity index (χ1v) is 3.99. The topological polar surface area (TPSA) is 44.3 Å². The summed E-state index contributed by atoms with van der Waals surface area (Å²) in [4.78, 5) is 0. The van der Waals surface area contributed by atoms with Crippen molar-refractivity contribution >= 4 is 0 Å². The van der Waals surface area contributed by atoms with Crippen LogP contribution in [-0.2, 0) is 0 Å². The van der Waals surface area contributed by atoms with Crippen LogP contribution in [0.25, 0.3) is 0 Å². The number of hydroxylamine groups is 1. The Kier molecular flexibility index (Phi) is 8.77. The number of hydrogen-bond acceptors (Lipinski definition) is 3. The maximum absolute atomic E-state index is 8.20. The number of rotatable bonds is 7. The van der Waals surface area contributed by atoms with Crippen molar-refractivity contribution in [3.63, 3.8) is 0 Å². The fourth-order valence-corrected chi connectivity index (χ4v) is 0.808. The van der Waals surface area contributed by atoms with Gasteiger partial charge in [0.25, 0.3) is 0 Å². The van der Waals surface area contributed by atoms with Crippen molar-refractivity contribution in [2.75, 3.05) is 19.6 Å². The van der Waals surface area contributed by atoms with Crippen LogP contribution in [0.3, 0.4) is 0 Å². The second kappa shape index (κ2) is 8.88. The van der Waals surface area contributed by atoms with Gasteiger partial charge < -0.3 is 10.5 Å². The Morgan fingerprint density at radius 1 is 1.10 bits per heavy atom. The molecule has 0 rings (SSSR count). The van der Waals surface area contributed by atoms with Crippen LogP contribution in [0.2, 0.25) is 0 Å². The fourth-order valence-electron chi connectivity index (χ4n) is 0.808. The lowest BCUT2D eigenvalue weighted by Gasteiger charge is -2.00. The Hall–Kier alpha value is -0.120. The minimum absolute atomic E-state index is 0.714. The quantitative estimate of drug-likeness (QED) is 0.367. The predicted octanol–water partition coefficient (Wildman–Crippen LogP) is 0.745. The summed E-state index contributed by atoms with van der Waals surface area (Å²) in [6, 6.07) is 0. The van der Waals surface area contributed by atoms with Gasteiger partial charge in [-0.2, -0.15) is 0 Å². The largest absolute Gasteiger partial charge is 0.317 e. The number of unbranched alkanes of at least 4 members (excludes halogenated alkanes) is 2. The maximum atomic E-state index is 8.20. The van der Waals surface area contributed by atoms with Gasteiger partial charge in [-0.05, 0) is 25.9 Å². The van der Waals surface area contributed by atoms with Crippen molar-refractivity contribution in [2.45, 2.75) is 26.2 Å². The van der Waals surface area contributed by atoms with Crippen molar-refractivity contribution in [1.82, 2.24) is 10.8 Å². The lowest BCUT2D eigenvalue weighted by atomic mass is 10.2. The van der Waals surface area contributed by atoms with E-state index < -0.39 is 0 Å². The molecule has 0 aliphatic rings. The van der Waals surface area contributed by atoms with E-state index in [1.807, 2.05) is 0 Å². The van der Waals surface area contributed by atoms with Crippen LogP contribution in [0.5, 0.6) is 0 Å². The first kappa shape index (κ1) is 9.88. The van der Waals surface area contributed by atoms with Gasteiger partial charge in [0, 0.05) is 6.54 Å². The highest BCUT2D eigenvalue weighted by Crippen LogP contribution is 1.91. The molecule has 0 aromatic heterocycles. The zero-order valence-electron chi connectivity index (χ0n) is 6.69. The first-order valence-electron chi connectivity index (χ1n) is 3.99. The van der Waals surface area contributed by atoms with Gasteiger partial charge in [0.05, 0.1) is 0 Å². The molecule has 0 radical (unpaired) electrons. The average Bonchev–Trinajstić information content (AvgIpc) is 1.97. The Bertz CT molecular complexity index is 51.6. The molecule has 0 unspecified atom stereocenters. The third-order valence-corrected chi connectivity index (χ3v) is 1.39. The highest BCUT2D eigenvalue weighted by Gasteiger charge is 1.86. The van der Waals surface area contributed by atoms with Crippen LogP contribution < -0.4 is 10.8 Å². The zero-order valence-corrected chi connectivity index (χ0v) is 6.69. The van der Waals surface area contributed by atoms with Gasteiger partial charge >= 0.3 is 0 Å². The molecule has 0 saturated heterocycles. The van der Waals surface area contributed by atoms with E-state index in [-0.39, 0.29) is 0 Å². The minimum atomic E-state index is 0.714. The van der Waals surface area contributed by atoms with Gasteiger partial charge in [-0.15, -0.1) is 0 Å². The maximum Gasteiger partial charge on any atom is 0.0207 e. The molecule has 0 heterocycles. The molecule has 0 bridgehead atoms. The summed E-state index contributed by atoms with van der Waals surface area (Å²) in [7, 11) is 0. The lowest BCUT2D eigenvalue weighted by molar-refractivity contribution is 0.164. The summed E-state index contributed by atoms with van der Waals surface area (Å²) in [5, 5.41) is 11.4. The molecule has 0 saturated carbocycles. The summed E-state index contributed by atoms with van der Waals surface area (Å²) in [6.07, 6.45) is 3.44. The van der Waals surface area contributed by atoms with Crippen LogP contribution in [-0.4, -0.2) is 24.8 Å². The normalized spacial score (nSPS) is 10.2. The number of nitrogens with one attached hydrogen (secondary N) is 2. The summed E-state index contributed by atoms with van der Waals surface area (Å²) >= 11 is 0. The molecule has 10 heavy (non-hydrogen) atoms. The Morgan fingerprint density at radius 2 is 1.80 bits per heavy atom. The lowest BCUT2D eigenvalue weighted by Crippen LogP contribution is -2.14. The fraction of sp³-hybridized carbons (Fsp3) is 1.00. The first-order chi connectivity index (χ1) is 4.91. The Morgan fingerprint density at radius 3 is 2.40 bits per heavy atom. The molecule has 3 N–H and O–H groups in total. The van der Waals surface area contributed by atoms with Crippen LogP contribution in [0, 0.1) is 0 Å². The molecule has 3 nitrogen and oxygen atoms in total. The summed E-state index contributed by atoms with van der Waals surface area (Å²) in [6.45, 7) is 4.97. The van der Waals surface area contributed by atoms with Crippen molar-refractivity contribution in [3.05, 3.63) is 0 Å². The Balaban J connectivity index is 2.65. The SMILES string of the molecule is CCNCCCCCNO. The molecule has 0 atom stereocenters. The van der Waals surface area contributed by atoms with E-state index in [4.69, 9.17) is 5.21 Å². The molecule has 0 aromatic rings. The molecule has 62 valence electrons. The summed E-state index contributed by atoms with van der Waals surface area (Å²) in [5.41, 5.74) is 2.14. The van der Waals surface area contributed by atoms with Gasteiger partial charge in [-0.25, -0.2) is 5.48 Å². The Labute approximate surface area is 62.8 Å². The molecular weight excluding hydrogens is 128 g/mol. The molecule has 0 aromatic carbocycles. The number of hydrogen-bond donors (Lipinski definition) is 3. The summed E-state index contributed by atoms with van der Waals surface area (Å²) in [5.74, 6) is 0.